The van der Waals surface area contributed by atoms with Gasteiger partial charge in [-0.25, -0.2) is 0 Å². The summed E-state index contributed by atoms with van der Waals surface area (Å²) in [6.07, 6.45) is 2.55. The van der Waals surface area contributed by atoms with Crippen molar-refractivity contribution in [3.63, 3.8) is 0 Å². The van der Waals surface area contributed by atoms with E-state index in [1.54, 1.807) is 0 Å². The van der Waals surface area contributed by atoms with Gasteiger partial charge in [-0.3, -0.25) is 0 Å². The van der Waals surface area contributed by atoms with E-state index >= 15 is 0 Å². The van der Waals surface area contributed by atoms with Gasteiger partial charge in [-0.1, -0.05) is 20.3 Å². The summed E-state index contributed by atoms with van der Waals surface area (Å²) in [6, 6.07) is 0. The van der Waals surface area contributed by atoms with Crippen LogP contribution in [0.1, 0.15) is 28.1 Å². The van der Waals surface area contributed by atoms with Gasteiger partial charge in [0.2, 0.25) is 0 Å². The number of hydrogen-bond donors (Lipinski definition) is 1. The molecule has 0 heterocycles. The van der Waals surface area contributed by atoms with Crippen LogP contribution >= 0.6 is 0 Å². The molecule has 0 aromatic heterocycles. The Morgan fingerprint density at radius 3 is 2.36 bits per heavy atom. The highest BCUT2D eigenvalue weighted by Gasteiger charge is 1.81. The van der Waals surface area contributed by atoms with Crippen molar-refractivity contribution in [1.29, 1.82) is 0 Å². The summed E-state index contributed by atoms with van der Waals surface area (Å²) in [4.78, 5) is 9.66. The quantitative estimate of drug-likeness (QED) is 0.489. The zero-order chi connectivity index (χ0) is 8.95. The molecule has 3 heteroatoms. The van der Waals surface area contributed by atoms with E-state index in [0.717, 1.165) is 6.29 Å². The molecule has 0 aliphatic heterocycles. The average molecular weight is 163 g/mol. The van der Waals surface area contributed by atoms with Crippen molar-refractivity contribution in [3.05, 3.63) is 0 Å². The lowest BCUT2D eigenvalue weighted by Crippen LogP contribution is -2.08. The van der Waals surface area contributed by atoms with E-state index in [9.17, 15) is 4.79 Å². The topological polar surface area (TPSA) is 52.3 Å². The van der Waals surface area contributed by atoms with E-state index in [2.05, 4.69) is 13.8 Å². The molecular formula is C8H21NO2. The molecule has 0 saturated heterocycles. The van der Waals surface area contributed by atoms with Crippen LogP contribution < -0.4 is 5.73 Å². The summed E-state index contributed by atoms with van der Waals surface area (Å²) >= 11 is 0. The van der Waals surface area contributed by atoms with E-state index < -0.39 is 0 Å². The molecule has 0 saturated carbocycles. The van der Waals surface area contributed by atoms with Crippen LogP contribution in [0, 0.1) is 0 Å². The largest absolute Gasteiger partial charge is 0.380 e. The molecule has 0 radical (unpaired) electrons. The smallest absolute Gasteiger partial charge is 0.122 e. The van der Waals surface area contributed by atoms with E-state index in [-0.39, 0.29) is 1.43 Å². The molecule has 2 N–H and O–H groups in total. The van der Waals surface area contributed by atoms with Crippen LogP contribution in [0.5, 0.6) is 0 Å². The standard InChI is InChI=1S/C5H11NO2.C3H8.H2/c6-2-5-8-4-1-3-7;1-3-2;/h3H,1-2,4-6H2;3H2,1-2H3;1H. The Labute approximate surface area is 70.4 Å². The molecule has 0 bridgehead atoms. The fourth-order valence-corrected chi connectivity index (χ4v) is 0.317. The molecule has 0 amide bonds. The van der Waals surface area contributed by atoms with Crippen LogP contribution in [0.25, 0.3) is 0 Å². The molecule has 0 aliphatic rings. The SMILES string of the molecule is CCC.NCCOCCC=O.[HH]. The third kappa shape index (κ3) is 26.2. The van der Waals surface area contributed by atoms with Crippen LogP contribution in [0.2, 0.25) is 0 Å². The number of rotatable bonds is 5. The van der Waals surface area contributed by atoms with Gasteiger partial charge in [0.25, 0.3) is 0 Å². The number of carbonyl (C=O) groups is 1. The lowest BCUT2D eigenvalue weighted by molar-refractivity contribution is -0.108. The minimum absolute atomic E-state index is 0. The third-order valence-electron chi connectivity index (χ3n) is 0.642. The Kier molecular flexibility index (Phi) is 19.6. The van der Waals surface area contributed by atoms with Gasteiger partial charge in [0.05, 0.1) is 13.2 Å². The highest BCUT2D eigenvalue weighted by atomic mass is 16.5. The Hall–Kier alpha value is -0.410. The van der Waals surface area contributed by atoms with Gasteiger partial charge in [0, 0.05) is 14.4 Å². The minimum atomic E-state index is 0. The minimum Gasteiger partial charge on any atom is -0.380 e. The maximum atomic E-state index is 9.66. The monoisotopic (exact) mass is 163 g/mol. The average Bonchev–Trinajstić information content (AvgIpc) is 2.00. The predicted molar refractivity (Wildman–Crippen MR) is 48.6 cm³/mol. The predicted octanol–water partition coefficient (Wildman–Crippen LogP) is 1.21. The normalized spacial score (nSPS) is 8.27. The van der Waals surface area contributed by atoms with E-state index in [1.165, 1.54) is 6.42 Å². The van der Waals surface area contributed by atoms with Gasteiger partial charge in [-0.05, 0) is 0 Å². The number of nitrogens with two attached hydrogens (primary N) is 1. The fraction of sp³-hybridized carbons (Fsp3) is 0.875. The molecule has 70 valence electrons. The molecule has 3 nitrogen and oxygen atoms in total. The summed E-state index contributed by atoms with van der Waals surface area (Å²) < 4.78 is 4.87. The first-order valence-corrected chi connectivity index (χ1v) is 4.04. The van der Waals surface area contributed by atoms with Crippen LogP contribution in [0.3, 0.4) is 0 Å². The number of ether oxygens (including phenoxy) is 1. The molecule has 0 aromatic carbocycles. The fourth-order valence-electron chi connectivity index (χ4n) is 0.317. The lowest BCUT2D eigenvalue weighted by Gasteiger charge is -1.95. The van der Waals surface area contributed by atoms with E-state index in [0.29, 0.717) is 26.2 Å². The lowest BCUT2D eigenvalue weighted by atomic mass is 10.5. The molecule has 0 rings (SSSR count). The van der Waals surface area contributed by atoms with Gasteiger partial charge in [0.15, 0.2) is 0 Å². The number of hydrogen-bond acceptors (Lipinski definition) is 3. The number of carbonyl (C=O) groups excluding carboxylic acids is 1. The Morgan fingerprint density at radius 1 is 1.45 bits per heavy atom. The van der Waals surface area contributed by atoms with Gasteiger partial charge >= 0.3 is 0 Å². The molecule has 0 fully saturated rings. The molecule has 0 atom stereocenters. The first kappa shape index (κ1) is 13.2. The second-order valence-electron chi connectivity index (χ2n) is 2.06. The molecule has 0 spiro atoms. The van der Waals surface area contributed by atoms with Crippen molar-refractivity contribution in [1.82, 2.24) is 0 Å². The molecule has 11 heavy (non-hydrogen) atoms. The highest BCUT2D eigenvalue weighted by Crippen LogP contribution is 1.74. The van der Waals surface area contributed by atoms with Gasteiger partial charge in [-0.2, -0.15) is 0 Å². The van der Waals surface area contributed by atoms with Crippen molar-refractivity contribution in [3.8, 4) is 0 Å². The van der Waals surface area contributed by atoms with Crippen molar-refractivity contribution in [2.24, 2.45) is 5.73 Å². The van der Waals surface area contributed by atoms with E-state index in [1.807, 2.05) is 0 Å². The summed E-state index contributed by atoms with van der Waals surface area (Å²) in [7, 11) is 0. The molecule has 0 aliphatic carbocycles. The van der Waals surface area contributed by atoms with Gasteiger partial charge in [0.1, 0.15) is 6.29 Å². The van der Waals surface area contributed by atoms with Crippen LogP contribution in [-0.2, 0) is 9.53 Å². The summed E-state index contributed by atoms with van der Waals surface area (Å²) in [5.74, 6) is 0. The first-order chi connectivity index (χ1) is 5.33. The summed E-state index contributed by atoms with van der Waals surface area (Å²) in [5, 5.41) is 0. The maximum Gasteiger partial charge on any atom is 0.122 e. The van der Waals surface area contributed by atoms with Crippen molar-refractivity contribution in [2.75, 3.05) is 19.8 Å². The van der Waals surface area contributed by atoms with Gasteiger partial charge in [-0.15, -0.1) is 0 Å². The van der Waals surface area contributed by atoms with Gasteiger partial charge < -0.3 is 15.3 Å². The molecule has 0 aromatic rings. The third-order valence-corrected chi connectivity index (χ3v) is 0.642. The zero-order valence-electron chi connectivity index (χ0n) is 7.51. The summed E-state index contributed by atoms with van der Waals surface area (Å²) in [6.45, 7) is 5.83. The second-order valence-corrected chi connectivity index (χ2v) is 2.06. The summed E-state index contributed by atoms with van der Waals surface area (Å²) in [5.41, 5.74) is 5.10. The van der Waals surface area contributed by atoms with E-state index in [4.69, 9.17) is 10.5 Å². The Morgan fingerprint density at radius 2 is 2.00 bits per heavy atom. The van der Waals surface area contributed by atoms with Crippen LogP contribution in [-0.4, -0.2) is 26.0 Å². The van der Waals surface area contributed by atoms with Crippen molar-refractivity contribution < 1.29 is 11.0 Å². The molecular weight excluding hydrogens is 142 g/mol. The first-order valence-electron chi connectivity index (χ1n) is 4.04. The number of aldehydes is 1. The molecule has 0 unspecified atom stereocenters. The van der Waals surface area contributed by atoms with Crippen LogP contribution in [0.15, 0.2) is 0 Å². The zero-order valence-corrected chi connectivity index (χ0v) is 7.51. The Bertz CT molecular complexity index is 72.1. The maximum absolute atomic E-state index is 9.66. The van der Waals surface area contributed by atoms with Crippen molar-refractivity contribution in [2.45, 2.75) is 26.7 Å². The van der Waals surface area contributed by atoms with Crippen molar-refractivity contribution >= 4 is 6.29 Å². The Balaban J connectivity index is -0.000000177. The van der Waals surface area contributed by atoms with Crippen LogP contribution in [0.4, 0.5) is 0 Å². The highest BCUT2D eigenvalue weighted by molar-refractivity contribution is 5.49. The second kappa shape index (κ2) is 16.3.